The van der Waals surface area contributed by atoms with Gasteiger partial charge >= 0.3 is 11.9 Å². The van der Waals surface area contributed by atoms with Gasteiger partial charge in [0.2, 0.25) is 5.91 Å². The van der Waals surface area contributed by atoms with Crippen molar-refractivity contribution in [2.24, 2.45) is 11.3 Å². The second-order valence-corrected chi connectivity index (χ2v) is 17.8. The first-order valence-electron chi connectivity index (χ1n) is 21.3. The lowest BCUT2D eigenvalue weighted by molar-refractivity contribution is -0.153. The molecule has 0 aromatic heterocycles. The Balaban J connectivity index is 0.859. The van der Waals surface area contributed by atoms with E-state index in [4.69, 9.17) is 14.2 Å². The number of rotatable bonds is 16. The number of amides is 4. The molecule has 0 fully saturated rings. The van der Waals surface area contributed by atoms with Crippen LogP contribution < -0.4 is 4.74 Å². The molecule has 2 atom stereocenters. The highest BCUT2D eigenvalue weighted by molar-refractivity contribution is 8.00. The van der Waals surface area contributed by atoms with E-state index in [1.807, 2.05) is 85.0 Å². The first kappa shape index (κ1) is 41.8. The zero-order valence-electron chi connectivity index (χ0n) is 35.3. The van der Waals surface area contributed by atoms with Crippen LogP contribution in [0.5, 0.6) is 5.75 Å². The maximum Gasteiger partial charge on any atom is 0.315 e. The first-order valence-corrected chi connectivity index (χ1v) is 22.5. The van der Waals surface area contributed by atoms with Crippen LogP contribution in [-0.4, -0.2) is 89.8 Å². The highest BCUT2D eigenvalue weighted by atomic mass is 32.2. The van der Waals surface area contributed by atoms with Gasteiger partial charge in [0.15, 0.2) is 0 Å². The van der Waals surface area contributed by atoms with E-state index in [-0.39, 0.29) is 67.0 Å². The van der Waals surface area contributed by atoms with Crippen molar-refractivity contribution in [3.63, 3.8) is 0 Å². The lowest BCUT2D eigenvalue weighted by Gasteiger charge is -2.42. The Hall–Kier alpha value is -6.53. The van der Waals surface area contributed by atoms with Crippen LogP contribution in [0.15, 0.2) is 120 Å². The molecule has 0 N–H and O–H groups in total. The minimum atomic E-state index is -0.784. The van der Waals surface area contributed by atoms with Crippen LogP contribution in [0.25, 0.3) is 16.3 Å². The summed E-state index contributed by atoms with van der Waals surface area (Å²) in [4.78, 5) is 83.2. The molecule has 4 amide bonds. The van der Waals surface area contributed by atoms with Crippen molar-refractivity contribution in [2.75, 3.05) is 44.4 Å². The Bertz CT molecular complexity index is 2710. The lowest BCUT2D eigenvalue weighted by Crippen LogP contribution is -2.48. The van der Waals surface area contributed by atoms with Crippen molar-refractivity contribution >= 4 is 63.7 Å². The normalized spacial score (nSPS) is 18.3. The van der Waals surface area contributed by atoms with Gasteiger partial charge in [-0.2, -0.15) is 0 Å². The van der Waals surface area contributed by atoms with Crippen LogP contribution in [0, 0.1) is 11.3 Å². The third-order valence-electron chi connectivity index (χ3n) is 12.3. The van der Waals surface area contributed by atoms with Crippen molar-refractivity contribution in [1.82, 2.24) is 9.80 Å². The number of allylic oxidation sites excluding steroid dienone is 4. The zero-order chi connectivity index (χ0) is 44.0. The van der Waals surface area contributed by atoms with Crippen LogP contribution in [0.2, 0.25) is 0 Å². The number of thioether (sulfide) groups is 1. The van der Waals surface area contributed by atoms with Crippen molar-refractivity contribution in [3.05, 3.63) is 153 Å². The summed E-state index contributed by atoms with van der Waals surface area (Å²) in [5.74, 6) is -1.57. The van der Waals surface area contributed by atoms with Gasteiger partial charge < -0.3 is 14.2 Å². The van der Waals surface area contributed by atoms with Crippen LogP contribution in [0.1, 0.15) is 69.7 Å². The molecule has 5 aliphatic rings. The number of nitrogens with zero attached hydrogens (tertiary/aromatic N) is 2. The molecule has 0 saturated carbocycles. The number of ether oxygens (including phenoxy) is 3. The van der Waals surface area contributed by atoms with E-state index in [2.05, 4.69) is 0 Å². The molecular formula is C51H46N2O9S. The summed E-state index contributed by atoms with van der Waals surface area (Å²) in [6.07, 6.45) is 8.75. The summed E-state index contributed by atoms with van der Waals surface area (Å²) in [7, 11) is 0. The molecule has 2 unspecified atom stereocenters. The van der Waals surface area contributed by atoms with E-state index >= 15 is 0 Å². The average molecular weight is 863 g/mol. The van der Waals surface area contributed by atoms with E-state index < -0.39 is 11.3 Å². The summed E-state index contributed by atoms with van der Waals surface area (Å²) in [6, 6.07) is 24.7. The number of hydrogen-bond acceptors (Lipinski definition) is 10. The number of carbonyl (C=O) groups excluding carboxylic acids is 6. The highest BCUT2D eigenvalue weighted by Crippen LogP contribution is 2.55. The van der Waals surface area contributed by atoms with Crippen molar-refractivity contribution in [1.29, 1.82) is 0 Å². The standard InChI is InChI=1S/C51H46N2O9S/c1-4-60-41(54)28-63-29-51(2,3)50(59)62-27-26-61-32-12-10-31(11-13-32)23-25-53-48(57)39-20-16-35-33-14-18-37-44-38(47(56)52(46(37)55)24-22-30-8-6-5-7-9-30)19-15-34(42(33)44)36-17-21-40(49(53)58)45(39)43(35)36/h5-21,33,38H,4,22-29H2,1-3H3. The predicted octanol–water partition coefficient (Wildman–Crippen LogP) is 7.44. The van der Waals surface area contributed by atoms with E-state index in [0.29, 0.717) is 59.6 Å². The van der Waals surface area contributed by atoms with Crippen molar-refractivity contribution in [2.45, 2.75) is 39.5 Å². The summed E-state index contributed by atoms with van der Waals surface area (Å²) < 4.78 is 16.2. The molecule has 0 radical (unpaired) electrons. The van der Waals surface area contributed by atoms with Crippen molar-refractivity contribution in [3.8, 4) is 5.75 Å². The summed E-state index contributed by atoms with van der Waals surface area (Å²) >= 11 is 1.33. The number of imide groups is 2. The molecule has 0 saturated heterocycles. The third kappa shape index (κ3) is 7.60. The number of benzene rings is 4. The Morgan fingerprint density at radius 2 is 1.30 bits per heavy atom. The van der Waals surface area contributed by atoms with Crippen LogP contribution in [0.3, 0.4) is 0 Å². The molecule has 0 bridgehead atoms. The number of esters is 2. The molecule has 3 aliphatic carbocycles. The number of hydrogen-bond donors (Lipinski definition) is 0. The second kappa shape index (κ2) is 17.0. The van der Waals surface area contributed by atoms with Gasteiger partial charge in [-0.15, -0.1) is 11.8 Å². The number of carbonyl (C=O) groups is 6. The molecule has 63 heavy (non-hydrogen) atoms. The molecule has 12 heteroatoms. The number of fused-ring (bicyclic) bond motifs is 2. The van der Waals surface area contributed by atoms with E-state index in [1.165, 1.54) is 21.6 Å². The molecule has 2 aliphatic heterocycles. The quantitative estimate of drug-likeness (QED) is 0.0636. The van der Waals surface area contributed by atoms with Crippen LogP contribution >= 0.6 is 11.8 Å². The first-order chi connectivity index (χ1) is 30.5. The molecule has 11 nitrogen and oxygen atoms in total. The van der Waals surface area contributed by atoms with Gasteiger partial charge in [0, 0.05) is 46.8 Å². The summed E-state index contributed by atoms with van der Waals surface area (Å²) in [5.41, 5.74) is 7.06. The molecule has 9 rings (SSSR count). The topological polar surface area (TPSA) is 137 Å². The Kier molecular flexibility index (Phi) is 11.3. The fourth-order valence-electron chi connectivity index (χ4n) is 9.20. The van der Waals surface area contributed by atoms with Crippen LogP contribution in [0.4, 0.5) is 0 Å². The Labute approximate surface area is 369 Å². The molecule has 320 valence electrons. The smallest absolute Gasteiger partial charge is 0.315 e. The summed E-state index contributed by atoms with van der Waals surface area (Å²) in [6.45, 7) is 6.30. The molecule has 4 aromatic rings. The van der Waals surface area contributed by atoms with Crippen LogP contribution in [-0.2, 0) is 41.5 Å². The van der Waals surface area contributed by atoms with Gasteiger partial charge in [-0.3, -0.25) is 38.6 Å². The Morgan fingerprint density at radius 1 is 0.667 bits per heavy atom. The zero-order valence-corrected chi connectivity index (χ0v) is 36.1. The average Bonchev–Trinajstić information content (AvgIpc) is 3.29. The van der Waals surface area contributed by atoms with Crippen molar-refractivity contribution < 1.29 is 43.0 Å². The fourth-order valence-corrected chi connectivity index (χ4v) is 10.2. The largest absolute Gasteiger partial charge is 0.490 e. The molecular weight excluding hydrogens is 817 g/mol. The van der Waals surface area contributed by atoms with E-state index in [1.54, 1.807) is 39.0 Å². The van der Waals surface area contributed by atoms with Gasteiger partial charge in [-0.05, 0) is 102 Å². The summed E-state index contributed by atoms with van der Waals surface area (Å²) in [5, 5.41) is 1.49. The van der Waals surface area contributed by atoms with Gasteiger partial charge in [0.25, 0.3) is 17.7 Å². The minimum absolute atomic E-state index is 0.0616. The maximum atomic E-state index is 14.2. The van der Waals surface area contributed by atoms with Gasteiger partial charge in [-0.25, -0.2) is 0 Å². The second-order valence-electron chi connectivity index (χ2n) is 16.8. The maximum absolute atomic E-state index is 14.2. The highest BCUT2D eigenvalue weighted by Gasteiger charge is 2.47. The predicted molar refractivity (Wildman–Crippen MR) is 239 cm³/mol. The SMILES string of the molecule is CCOC(=O)CSCC(C)(C)C(=O)OCCOc1ccc(CCN2C(=O)c3ccc4c5c(ccc(c35)C2=O)C2C=CC3=C5C2=C4C=CC5C(=O)N(CCc2ccccc2)C3=O)cc1. The molecule has 2 heterocycles. The van der Waals surface area contributed by atoms with Gasteiger partial charge in [0.1, 0.15) is 19.0 Å². The lowest BCUT2D eigenvalue weighted by atomic mass is 9.64. The minimum Gasteiger partial charge on any atom is -0.490 e. The fraction of sp³-hybridized carbons (Fsp3) is 0.294. The van der Waals surface area contributed by atoms with E-state index in [9.17, 15) is 28.8 Å². The molecule has 0 spiro atoms. The molecule has 4 aromatic carbocycles. The third-order valence-corrected chi connectivity index (χ3v) is 13.7. The monoisotopic (exact) mass is 862 g/mol. The van der Waals surface area contributed by atoms with Gasteiger partial charge in [0.05, 0.1) is 23.7 Å². The Morgan fingerprint density at radius 3 is 2.03 bits per heavy atom. The van der Waals surface area contributed by atoms with E-state index in [0.717, 1.165) is 44.4 Å². The van der Waals surface area contributed by atoms with Gasteiger partial charge in [-0.1, -0.05) is 78.9 Å².